The van der Waals surface area contributed by atoms with Gasteiger partial charge in [-0.15, -0.1) is 0 Å². The third-order valence-electron chi connectivity index (χ3n) is 2.82. The lowest BCUT2D eigenvalue weighted by atomic mass is 10.2. The molecule has 0 radical (unpaired) electrons. The van der Waals surface area contributed by atoms with Crippen LogP contribution in [0.4, 0.5) is 4.39 Å². The van der Waals surface area contributed by atoms with Gasteiger partial charge in [-0.1, -0.05) is 12.1 Å². The van der Waals surface area contributed by atoms with Crippen LogP contribution in [0.2, 0.25) is 0 Å². The summed E-state index contributed by atoms with van der Waals surface area (Å²) < 4.78 is 24.4. The molecule has 1 N–H and O–H groups in total. The van der Waals surface area contributed by atoms with Crippen molar-refractivity contribution in [3.63, 3.8) is 0 Å². The first-order valence-electron chi connectivity index (χ1n) is 5.99. The fourth-order valence-electron chi connectivity index (χ4n) is 1.59. The van der Waals surface area contributed by atoms with E-state index in [1.165, 1.54) is 25.0 Å². The van der Waals surface area contributed by atoms with E-state index in [0.717, 1.165) is 5.56 Å². The maximum absolute atomic E-state index is 12.7. The zero-order valence-corrected chi connectivity index (χ0v) is 10.8. The lowest BCUT2D eigenvalue weighted by molar-refractivity contribution is -0.118. The van der Waals surface area contributed by atoms with Crippen molar-refractivity contribution < 1.29 is 13.4 Å². The van der Waals surface area contributed by atoms with Crippen LogP contribution in [0, 0.1) is 11.7 Å². The molecule has 1 amide bonds. The molecule has 0 aromatic heterocycles. The van der Waals surface area contributed by atoms with Crippen LogP contribution in [0.25, 0.3) is 0 Å². The SMILES string of the molecule is O=C(C[S@](=O)Cc1ccc(F)cc1)NCC1CC1. The van der Waals surface area contributed by atoms with Crippen LogP contribution in [-0.2, 0) is 21.3 Å². The summed E-state index contributed by atoms with van der Waals surface area (Å²) in [5.41, 5.74) is 0.782. The second-order valence-electron chi connectivity index (χ2n) is 4.60. The Balaban J connectivity index is 1.73. The van der Waals surface area contributed by atoms with Gasteiger partial charge in [0.25, 0.3) is 0 Å². The molecule has 0 unspecified atom stereocenters. The lowest BCUT2D eigenvalue weighted by Crippen LogP contribution is -2.30. The van der Waals surface area contributed by atoms with E-state index < -0.39 is 10.8 Å². The second kappa shape index (κ2) is 6.09. The van der Waals surface area contributed by atoms with Crippen LogP contribution in [0.5, 0.6) is 0 Å². The number of benzene rings is 1. The summed E-state index contributed by atoms with van der Waals surface area (Å²) >= 11 is 0. The molecule has 1 fully saturated rings. The molecule has 1 aromatic rings. The summed E-state index contributed by atoms with van der Waals surface area (Å²) in [6, 6.07) is 5.85. The van der Waals surface area contributed by atoms with Gasteiger partial charge in [-0.05, 0) is 36.5 Å². The summed E-state index contributed by atoms with van der Waals surface area (Å²) in [4.78, 5) is 11.5. The number of amides is 1. The fourth-order valence-corrected chi connectivity index (χ4v) is 2.66. The number of halogens is 1. The average molecular weight is 269 g/mol. The summed E-state index contributed by atoms with van der Waals surface area (Å²) in [6.45, 7) is 0.701. The van der Waals surface area contributed by atoms with Crippen molar-refractivity contribution in [2.45, 2.75) is 18.6 Å². The van der Waals surface area contributed by atoms with Crippen molar-refractivity contribution in [2.75, 3.05) is 12.3 Å². The predicted molar refractivity (Wildman–Crippen MR) is 68.8 cm³/mol. The summed E-state index contributed by atoms with van der Waals surface area (Å²) in [5, 5.41) is 2.78. The number of hydrogen-bond acceptors (Lipinski definition) is 2. The minimum Gasteiger partial charge on any atom is -0.355 e. The largest absolute Gasteiger partial charge is 0.355 e. The Hall–Kier alpha value is -1.23. The van der Waals surface area contributed by atoms with E-state index in [4.69, 9.17) is 0 Å². The number of rotatable bonds is 6. The molecule has 0 spiro atoms. The van der Waals surface area contributed by atoms with Gasteiger partial charge in [-0.25, -0.2) is 4.39 Å². The van der Waals surface area contributed by atoms with Crippen LogP contribution in [0.1, 0.15) is 18.4 Å². The highest BCUT2D eigenvalue weighted by molar-refractivity contribution is 7.84. The van der Waals surface area contributed by atoms with Gasteiger partial charge >= 0.3 is 0 Å². The molecule has 1 aromatic carbocycles. The number of carbonyl (C=O) groups excluding carboxylic acids is 1. The van der Waals surface area contributed by atoms with Gasteiger partial charge < -0.3 is 5.32 Å². The highest BCUT2D eigenvalue weighted by Crippen LogP contribution is 2.27. The van der Waals surface area contributed by atoms with Gasteiger partial charge in [0.2, 0.25) is 5.91 Å². The third-order valence-corrected chi connectivity index (χ3v) is 4.06. The maximum atomic E-state index is 12.7. The van der Waals surface area contributed by atoms with Gasteiger partial charge in [0.15, 0.2) is 0 Å². The minimum absolute atomic E-state index is 0.0180. The summed E-state index contributed by atoms with van der Waals surface area (Å²) in [5.74, 6) is 0.454. The van der Waals surface area contributed by atoms with E-state index in [1.54, 1.807) is 12.1 Å². The zero-order valence-electron chi connectivity index (χ0n) is 10.0. The highest BCUT2D eigenvalue weighted by atomic mass is 32.2. The highest BCUT2D eigenvalue weighted by Gasteiger charge is 2.21. The first kappa shape index (κ1) is 13.2. The predicted octanol–water partition coefficient (Wildman–Crippen LogP) is 1.60. The van der Waals surface area contributed by atoms with Gasteiger partial charge in [0.1, 0.15) is 11.6 Å². The molecule has 1 aliphatic rings. The summed E-state index contributed by atoms with van der Waals surface area (Å²) in [7, 11) is -1.24. The van der Waals surface area contributed by atoms with Crippen molar-refractivity contribution >= 4 is 16.7 Å². The minimum atomic E-state index is -1.24. The normalized spacial score (nSPS) is 16.3. The van der Waals surface area contributed by atoms with Crippen LogP contribution in [0.3, 0.4) is 0 Å². The first-order chi connectivity index (χ1) is 8.63. The van der Waals surface area contributed by atoms with Crippen molar-refractivity contribution in [3.8, 4) is 0 Å². The Labute approximate surface area is 108 Å². The molecule has 1 aliphatic carbocycles. The molecule has 0 saturated heterocycles. The second-order valence-corrected chi connectivity index (χ2v) is 6.06. The molecular weight excluding hydrogens is 253 g/mol. The van der Waals surface area contributed by atoms with E-state index in [2.05, 4.69) is 5.32 Å². The van der Waals surface area contributed by atoms with Crippen LogP contribution < -0.4 is 5.32 Å². The molecule has 5 heteroatoms. The van der Waals surface area contributed by atoms with E-state index in [1.807, 2.05) is 0 Å². The van der Waals surface area contributed by atoms with E-state index in [9.17, 15) is 13.4 Å². The lowest BCUT2D eigenvalue weighted by Gasteiger charge is -2.04. The smallest absolute Gasteiger partial charge is 0.232 e. The number of hydrogen-bond donors (Lipinski definition) is 1. The van der Waals surface area contributed by atoms with E-state index in [-0.39, 0.29) is 23.2 Å². The molecule has 3 nitrogen and oxygen atoms in total. The molecular formula is C13H16FNO2S. The Bertz CT molecular complexity index is 443. The standard InChI is InChI=1S/C13H16FNO2S/c14-12-5-3-11(4-6-12)8-18(17)9-13(16)15-7-10-1-2-10/h3-6,10H,1-2,7-9H2,(H,15,16)/t18-/m1/s1. The van der Waals surface area contributed by atoms with Gasteiger partial charge in [-0.2, -0.15) is 0 Å². The third kappa shape index (κ3) is 4.56. The molecule has 98 valence electrons. The molecule has 0 heterocycles. The monoisotopic (exact) mass is 269 g/mol. The molecule has 2 rings (SSSR count). The average Bonchev–Trinajstić information content (AvgIpc) is 3.13. The molecule has 0 bridgehead atoms. The Morgan fingerprint density at radius 1 is 1.33 bits per heavy atom. The van der Waals surface area contributed by atoms with Gasteiger partial charge in [0.05, 0.1) is 0 Å². The Morgan fingerprint density at radius 2 is 2.00 bits per heavy atom. The van der Waals surface area contributed by atoms with Crippen molar-refractivity contribution in [1.82, 2.24) is 5.32 Å². The van der Waals surface area contributed by atoms with Crippen LogP contribution in [0.15, 0.2) is 24.3 Å². The van der Waals surface area contributed by atoms with E-state index >= 15 is 0 Å². The molecule has 1 atom stereocenters. The molecule has 18 heavy (non-hydrogen) atoms. The zero-order chi connectivity index (χ0) is 13.0. The Kier molecular flexibility index (Phi) is 4.47. The van der Waals surface area contributed by atoms with Crippen LogP contribution in [-0.4, -0.2) is 22.4 Å². The molecule has 1 saturated carbocycles. The number of carbonyl (C=O) groups is 1. The van der Waals surface area contributed by atoms with E-state index in [0.29, 0.717) is 12.5 Å². The van der Waals surface area contributed by atoms with Crippen molar-refractivity contribution in [2.24, 2.45) is 5.92 Å². The number of nitrogens with one attached hydrogen (secondary N) is 1. The topological polar surface area (TPSA) is 46.2 Å². The van der Waals surface area contributed by atoms with Crippen molar-refractivity contribution in [3.05, 3.63) is 35.6 Å². The summed E-state index contributed by atoms with van der Waals surface area (Å²) in [6.07, 6.45) is 2.36. The fraction of sp³-hybridized carbons (Fsp3) is 0.462. The molecule has 0 aliphatic heterocycles. The first-order valence-corrected chi connectivity index (χ1v) is 7.48. The van der Waals surface area contributed by atoms with Crippen molar-refractivity contribution in [1.29, 1.82) is 0 Å². The maximum Gasteiger partial charge on any atom is 0.232 e. The van der Waals surface area contributed by atoms with Gasteiger partial charge in [-0.3, -0.25) is 9.00 Å². The quantitative estimate of drug-likeness (QED) is 0.852. The van der Waals surface area contributed by atoms with Gasteiger partial charge in [0, 0.05) is 23.1 Å². The van der Waals surface area contributed by atoms with Crippen LogP contribution >= 0.6 is 0 Å². The Morgan fingerprint density at radius 3 is 2.61 bits per heavy atom.